The van der Waals surface area contributed by atoms with E-state index in [4.69, 9.17) is 0 Å². The molecule has 1 aromatic rings. The maximum atomic E-state index is 10.5. The van der Waals surface area contributed by atoms with Gasteiger partial charge in [0.15, 0.2) is 4.47 Å². The summed E-state index contributed by atoms with van der Waals surface area (Å²) >= 11 is 2.66. The van der Waals surface area contributed by atoms with Crippen molar-refractivity contribution < 1.29 is 14.8 Å². The van der Waals surface area contributed by atoms with Crippen molar-refractivity contribution in [3.05, 3.63) is 46.9 Å². The summed E-state index contributed by atoms with van der Waals surface area (Å²) < 4.78 is -0.395. The molecule has 84 valence electrons. The van der Waals surface area contributed by atoms with Crippen LogP contribution in [0.5, 0.6) is 0 Å². The van der Waals surface area contributed by atoms with E-state index in [1.165, 1.54) is 0 Å². The second-order valence-corrected chi connectivity index (χ2v) is 3.36. The molecule has 0 radical (unpaired) electrons. The van der Waals surface area contributed by atoms with Crippen LogP contribution in [0.3, 0.4) is 0 Å². The molecule has 10 heteroatoms. The van der Waals surface area contributed by atoms with Crippen LogP contribution in [0.15, 0.2) is 16.6 Å². The van der Waals surface area contributed by atoms with Crippen LogP contribution in [-0.2, 0) is 0 Å². The maximum absolute atomic E-state index is 10.5. The molecule has 0 saturated carbocycles. The first-order valence-electron chi connectivity index (χ1n) is 3.61. The molecule has 1 rings (SSSR count). The Morgan fingerprint density at radius 2 is 1.25 bits per heavy atom. The highest BCUT2D eigenvalue weighted by Crippen LogP contribution is 2.37. The van der Waals surface area contributed by atoms with Crippen molar-refractivity contribution in [2.75, 3.05) is 0 Å². The van der Waals surface area contributed by atoms with Crippen LogP contribution < -0.4 is 0 Å². The van der Waals surface area contributed by atoms with Gasteiger partial charge in [-0.3, -0.25) is 30.3 Å². The summed E-state index contributed by atoms with van der Waals surface area (Å²) in [6.45, 7) is 0. The lowest BCUT2D eigenvalue weighted by atomic mass is 10.2. The average Bonchev–Trinajstić information content (AvgIpc) is 2.16. The third-order valence-electron chi connectivity index (χ3n) is 1.62. The van der Waals surface area contributed by atoms with Crippen LogP contribution >= 0.6 is 15.9 Å². The van der Waals surface area contributed by atoms with Gasteiger partial charge >= 0.3 is 0 Å². The second kappa shape index (κ2) is 4.18. The molecule has 0 heterocycles. The predicted molar refractivity (Wildman–Crippen MR) is 54.1 cm³/mol. The van der Waals surface area contributed by atoms with Gasteiger partial charge in [-0.05, 0) is 15.9 Å². The molecule has 0 aliphatic heterocycles. The number of non-ortho nitro benzene ring substituents is 1. The molecule has 0 aromatic heterocycles. The van der Waals surface area contributed by atoms with Gasteiger partial charge in [-0.1, -0.05) is 0 Å². The van der Waals surface area contributed by atoms with Crippen LogP contribution in [0, 0.1) is 30.3 Å². The molecule has 0 spiro atoms. The summed E-state index contributed by atoms with van der Waals surface area (Å²) in [7, 11) is 0. The Hall–Kier alpha value is -2.10. The van der Waals surface area contributed by atoms with Crippen molar-refractivity contribution in [1.82, 2.24) is 0 Å². The number of halogens is 1. The van der Waals surface area contributed by atoms with Gasteiger partial charge in [-0.25, -0.2) is 0 Å². The number of nitrogens with zero attached hydrogens (tertiary/aromatic N) is 3. The third kappa shape index (κ3) is 2.11. The van der Waals surface area contributed by atoms with Crippen molar-refractivity contribution in [2.45, 2.75) is 0 Å². The maximum Gasteiger partial charge on any atom is 0.297 e. The molecular formula is C6H2BrN3O6. The molecule has 0 atom stereocenters. The van der Waals surface area contributed by atoms with E-state index in [0.717, 1.165) is 0 Å². The van der Waals surface area contributed by atoms with E-state index in [1.807, 2.05) is 0 Å². The third-order valence-corrected chi connectivity index (χ3v) is 2.44. The fourth-order valence-corrected chi connectivity index (χ4v) is 1.47. The fraction of sp³-hybridized carbons (Fsp3) is 0. The number of hydrogen-bond donors (Lipinski definition) is 0. The lowest BCUT2D eigenvalue weighted by molar-refractivity contribution is -0.404. The van der Waals surface area contributed by atoms with Gasteiger partial charge in [0.2, 0.25) is 0 Å². The van der Waals surface area contributed by atoms with E-state index in [9.17, 15) is 30.3 Å². The summed E-state index contributed by atoms with van der Waals surface area (Å²) in [5, 5.41) is 31.4. The fourth-order valence-electron chi connectivity index (χ4n) is 0.951. The van der Waals surface area contributed by atoms with Crippen molar-refractivity contribution in [3.8, 4) is 0 Å². The first-order chi connectivity index (χ1) is 7.34. The molecule has 0 aliphatic rings. The lowest BCUT2D eigenvalue weighted by Gasteiger charge is -1.97. The zero-order valence-electron chi connectivity index (χ0n) is 7.32. The van der Waals surface area contributed by atoms with E-state index >= 15 is 0 Å². The highest BCUT2D eigenvalue weighted by Gasteiger charge is 2.28. The van der Waals surface area contributed by atoms with Crippen molar-refractivity contribution in [2.24, 2.45) is 0 Å². The van der Waals surface area contributed by atoms with Crippen LogP contribution in [-0.4, -0.2) is 14.8 Å². The number of benzene rings is 1. The number of rotatable bonds is 3. The molecule has 16 heavy (non-hydrogen) atoms. The summed E-state index contributed by atoms with van der Waals surface area (Å²) in [4.78, 5) is 28.6. The van der Waals surface area contributed by atoms with Crippen LogP contribution in [0.25, 0.3) is 0 Å². The van der Waals surface area contributed by atoms with E-state index in [0.29, 0.717) is 12.1 Å². The number of nitro groups is 3. The van der Waals surface area contributed by atoms with Gasteiger partial charge in [-0.2, -0.15) is 0 Å². The first kappa shape index (κ1) is 12.0. The summed E-state index contributed by atoms with van der Waals surface area (Å²) in [6, 6.07) is 1.30. The standard InChI is InChI=1S/C6H2BrN3O6/c7-6-4(9(13)14)1-3(8(11)12)2-5(6)10(15)16/h1-2H. The summed E-state index contributed by atoms with van der Waals surface area (Å²) in [5.41, 5.74) is -2.15. The Kier molecular flexibility index (Phi) is 3.13. The smallest absolute Gasteiger partial charge is 0.258 e. The van der Waals surface area contributed by atoms with Crippen molar-refractivity contribution >= 4 is 33.0 Å². The summed E-state index contributed by atoms with van der Waals surface area (Å²) in [5.74, 6) is 0. The molecule has 1 aromatic carbocycles. The Balaban J connectivity index is 3.57. The molecular weight excluding hydrogens is 290 g/mol. The van der Waals surface area contributed by atoms with E-state index < -0.39 is 36.3 Å². The highest BCUT2D eigenvalue weighted by molar-refractivity contribution is 9.10. The Bertz CT molecular complexity index is 466. The van der Waals surface area contributed by atoms with Crippen molar-refractivity contribution in [1.29, 1.82) is 0 Å². The molecule has 0 aliphatic carbocycles. The lowest BCUT2D eigenvalue weighted by Crippen LogP contribution is -1.98. The molecule has 0 bridgehead atoms. The number of nitro benzene ring substituents is 3. The second-order valence-electron chi connectivity index (χ2n) is 2.57. The van der Waals surface area contributed by atoms with Crippen molar-refractivity contribution in [3.63, 3.8) is 0 Å². The quantitative estimate of drug-likeness (QED) is 0.619. The van der Waals surface area contributed by atoms with Crippen LogP contribution in [0.1, 0.15) is 0 Å². The van der Waals surface area contributed by atoms with Gasteiger partial charge in [-0.15, -0.1) is 0 Å². The van der Waals surface area contributed by atoms with Gasteiger partial charge in [0, 0.05) is 0 Å². The highest BCUT2D eigenvalue weighted by atomic mass is 79.9. The minimum atomic E-state index is -0.940. The Morgan fingerprint density at radius 1 is 0.875 bits per heavy atom. The normalized spacial score (nSPS) is 9.81. The monoisotopic (exact) mass is 291 g/mol. The molecule has 0 unspecified atom stereocenters. The minimum absolute atomic E-state index is 0.395. The zero-order valence-corrected chi connectivity index (χ0v) is 8.91. The Morgan fingerprint density at radius 3 is 1.50 bits per heavy atom. The van der Waals surface area contributed by atoms with E-state index in [-0.39, 0.29) is 0 Å². The van der Waals surface area contributed by atoms with E-state index in [2.05, 4.69) is 15.9 Å². The Labute approximate surface area is 95.3 Å². The van der Waals surface area contributed by atoms with E-state index in [1.54, 1.807) is 0 Å². The van der Waals surface area contributed by atoms with Gasteiger partial charge in [0.05, 0.1) is 26.9 Å². The molecule has 0 fully saturated rings. The topological polar surface area (TPSA) is 129 Å². The zero-order chi connectivity index (χ0) is 12.5. The minimum Gasteiger partial charge on any atom is -0.258 e. The molecule has 0 N–H and O–H groups in total. The van der Waals surface area contributed by atoms with Crippen LogP contribution in [0.2, 0.25) is 0 Å². The average molecular weight is 292 g/mol. The van der Waals surface area contributed by atoms with Gasteiger partial charge < -0.3 is 0 Å². The van der Waals surface area contributed by atoms with Crippen LogP contribution in [0.4, 0.5) is 17.1 Å². The first-order valence-corrected chi connectivity index (χ1v) is 4.40. The SMILES string of the molecule is O=[N+]([O-])c1cc([N+](=O)[O-])c(Br)c([N+](=O)[O-])c1. The van der Waals surface area contributed by atoms with Gasteiger partial charge in [0.25, 0.3) is 17.1 Å². The van der Waals surface area contributed by atoms with Gasteiger partial charge in [0.1, 0.15) is 0 Å². The summed E-state index contributed by atoms with van der Waals surface area (Å²) in [6.07, 6.45) is 0. The predicted octanol–water partition coefficient (Wildman–Crippen LogP) is 2.17. The molecule has 9 nitrogen and oxygen atoms in total. The number of hydrogen-bond acceptors (Lipinski definition) is 6. The molecule has 0 saturated heterocycles. The molecule has 0 amide bonds. The largest absolute Gasteiger partial charge is 0.297 e.